The van der Waals surface area contributed by atoms with Gasteiger partial charge in [-0.3, -0.25) is 9.69 Å². The Labute approximate surface area is 137 Å². The number of likely N-dealkylation sites (tertiary alicyclic amines) is 1. The second kappa shape index (κ2) is 7.95. The van der Waals surface area contributed by atoms with Crippen molar-refractivity contribution < 1.29 is 19.1 Å². The van der Waals surface area contributed by atoms with Crippen LogP contribution in [-0.2, 0) is 16.0 Å². The van der Waals surface area contributed by atoms with Gasteiger partial charge in [0, 0.05) is 58.1 Å². The molecule has 0 aromatic carbocycles. The van der Waals surface area contributed by atoms with Crippen molar-refractivity contribution in [2.75, 3.05) is 52.5 Å². The maximum Gasteiger partial charge on any atom is 0.223 e. The number of aliphatic hydroxyl groups excluding tert-OH is 1. The van der Waals surface area contributed by atoms with Crippen molar-refractivity contribution in [3.8, 4) is 0 Å². The van der Waals surface area contributed by atoms with Crippen molar-refractivity contribution in [2.45, 2.75) is 12.8 Å². The highest BCUT2D eigenvalue weighted by atomic mass is 16.5. The summed E-state index contributed by atoms with van der Waals surface area (Å²) in [5.74, 6) is 1.54. The first-order valence-corrected chi connectivity index (χ1v) is 8.47. The van der Waals surface area contributed by atoms with Gasteiger partial charge in [-0.05, 0) is 18.1 Å². The SMILES string of the molecule is O=C(CCc1ccco1)N1C[C@@H](CN2CCOCC2)[C@@H](CO)C1. The quantitative estimate of drug-likeness (QED) is 0.831. The van der Waals surface area contributed by atoms with E-state index in [4.69, 9.17) is 9.15 Å². The number of nitrogens with zero attached hydrogens (tertiary/aromatic N) is 2. The predicted molar refractivity (Wildman–Crippen MR) is 84.9 cm³/mol. The Morgan fingerprint density at radius 2 is 2.04 bits per heavy atom. The van der Waals surface area contributed by atoms with E-state index < -0.39 is 0 Å². The highest BCUT2D eigenvalue weighted by Crippen LogP contribution is 2.25. The average molecular weight is 322 g/mol. The molecule has 0 bridgehead atoms. The lowest BCUT2D eigenvalue weighted by Gasteiger charge is -2.30. The summed E-state index contributed by atoms with van der Waals surface area (Å²) in [6.07, 6.45) is 2.74. The highest BCUT2D eigenvalue weighted by molar-refractivity contribution is 5.76. The number of furan rings is 1. The van der Waals surface area contributed by atoms with E-state index in [9.17, 15) is 9.90 Å². The molecule has 0 radical (unpaired) electrons. The predicted octanol–water partition coefficient (Wildman–Crippen LogP) is 0.611. The van der Waals surface area contributed by atoms with E-state index in [0.717, 1.165) is 45.2 Å². The number of carbonyl (C=O) groups is 1. The maximum absolute atomic E-state index is 12.4. The van der Waals surface area contributed by atoms with Crippen molar-refractivity contribution in [3.63, 3.8) is 0 Å². The van der Waals surface area contributed by atoms with E-state index in [0.29, 0.717) is 25.3 Å². The molecule has 0 spiro atoms. The molecule has 2 aliphatic rings. The summed E-state index contributed by atoms with van der Waals surface area (Å²) >= 11 is 0. The summed E-state index contributed by atoms with van der Waals surface area (Å²) < 4.78 is 10.7. The third-order valence-electron chi connectivity index (χ3n) is 4.93. The van der Waals surface area contributed by atoms with Crippen LogP contribution in [0.3, 0.4) is 0 Å². The standard InChI is InChI=1S/C17H26N2O4/c20-13-15-12-19(17(21)4-3-16-2-1-7-23-16)11-14(15)10-18-5-8-22-9-6-18/h1-2,7,14-15,20H,3-6,8-13H2/t14-,15-/m1/s1. The molecule has 1 amide bonds. The number of ether oxygens (including phenoxy) is 1. The van der Waals surface area contributed by atoms with Gasteiger partial charge in [-0.25, -0.2) is 0 Å². The molecule has 6 heteroatoms. The second-order valence-corrected chi connectivity index (χ2v) is 6.49. The van der Waals surface area contributed by atoms with Crippen LogP contribution in [-0.4, -0.2) is 73.4 Å². The van der Waals surface area contributed by atoms with Gasteiger partial charge in [-0.2, -0.15) is 0 Å². The minimum atomic E-state index is 0.150. The molecule has 2 saturated heterocycles. The first-order chi connectivity index (χ1) is 11.3. The maximum atomic E-state index is 12.4. The Hall–Kier alpha value is -1.37. The summed E-state index contributed by atoms with van der Waals surface area (Å²) in [5.41, 5.74) is 0. The molecule has 3 rings (SSSR count). The molecule has 6 nitrogen and oxygen atoms in total. The van der Waals surface area contributed by atoms with Crippen LogP contribution < -0.4 is 0 Å². The van der Waals surface area contributed by atoms with Crippen molar-refractivity contribution >= 4 is 5.91 Å². The molecule has 1 aromatic rings. The van der Waals surface area contributed by atoms with E-state index in [2.05, 4.69) is 4.90 Å². The number of rotatable bonds is 6. The Morgan fingerprint density at radius 3 is 2.74 bits per heavy atom. The molecule has 23 heavy (non-hydrogen) atoms. The fourth-order valence-electron chi connectivity index (χ4n) is 3.51. The molecule has 3 heterocycles. The molecule has 0 unspecified atom stereocenters. The molecule has 2 atom stereocenters. The Bertz CT molecular complexity index is 485. The molecule has 1 aromatic heterocycles. The average Bonchev–Trinajstić information content (AvgIpc) is 3.23. The van der Waals surface area contributed by atoms with E-state index in [1.165, 1.54) is 0 Å². The Kier molecular flexibility index (Phi) is 5.70. The van der Waals surface area contributed by atoms with Gasteiger partial charge in [0.25, 0.3) is 0 Å². The zero-order valence-corrected chi connectivity index (χ0v) is 13.5. The van der Waals surface area contributed by atoms with Gasteiger partial charge in [0.1, 0.15) is 5.76 Å². The van der Waals surface area contributed by atoms with E-state index in [-0.39, 0.29) is 18.4 Å². The van der Waals surface area contributed by atoms with Crippen molar-refractivity contribution in [1.29, 1.82) is 0 Å². The number of amides is 1. The molecular formula is C17H26N2O4. The molecule has 2 fully saturated rings. The summed E-state index contributed by atoms with van der Waals surface area (Å²) in [6.45, 7) is 5.96. The first-order valence-electron chi connectivity index (χ1n) is 8.47. The summed E-state index contributed by atoms with van der Waals surface area (Å²) in [5, 5.41) is 9.65. The largest absolute Gasteiger partial charge is 0.469 e. The zero-order chi connectivity index (χ0) is 16.1. The van der Waals surface area contributed by atoms with Crippen LogP contribution >= 0.6 is 0 Å². The van der Waals surface area contributed by atoms with Crippen LogP contribution in [0.15, 0.2) is 22.8 Å². The van der Waals surface area contributed by atoms with Crippen LogP contribution in [0.2, 0.25) is 0 Å². The first kappa shape index (κ1) is 16.5. The smallest absolute Gasteiger partial charge is 0.223 e. The number of morpholine rings is 1. The molecule has 1 N–H and O–H groups in total. The van der Waals surface area contributed by atoms with Gasteiger partial charge in [0.15, 0.2) is 0 Å². The van der Waals surface area contributed by atoms with E-state index >= 15 is 0 Å². The number of carbonyl (C=O) groups excluding carboxylic acids is 1. The normalized spacial score (nSPS) is 25.9. The fourth-order valence-corrected chi connectivity index (χ4v) is 3.51. The minimum absolute atomic E-state index is 0.150. The van der Waals surface area contributed by atoms with Crippen LogP contribution in [0.25, 0.3) is 0 Å². The van der Waals surface area contributed by atoms with Crippen molar-refractivity contribution in [2.24, 2.45) is 11.8 Å². The minimum Gasteiger partial charge on any atom is -0.469 e. The number of hydrogen-bond acceptors (Lipinski definition) is 5. The fraction of sp³-hybridized carbons (Fsp3) is 0.706. The monoisotopic (exact) mass is 322 g/mol. The summed E-state index contributed by atoms with van der Waals surface area (Å²) in [6, 6.07) is 3.74. The zero-order valence-electron chi connectivity index (χ0n) is 13.5. The van der Waals surface area contributed by atoms with Crippen LogP contribution in [0, 0.1) is 11.8 Å². The van der Waals surface area contributed by atoms with Crippen LogP contribution in [0.4, 0.5) is 0 Å². The number of aliphatic hydroxyl groups is 1. The van der Waals surface area contributed by atoms with Gasteiger partial charge in [-0.1, -0.05) is 0 Å². The lowest BCUT2D eigenvalue weighted by molar-refractivity contribution is -0.130. The third kappa shape index (κ3) is 4.34. The van der Waals surface area contributed by atoms with E-state index in [1.807, 2.05) is 17.0 Å². The molecule has 0 aliphatic carbocycles. The highest BCUT2D eigenvalue weighted by Gasteiger charge is 2.35. The summed E-state index contributed by atoms with van der Waals surface area (Å²) in [7, 11) is 0. The Morgan fingerprint density at radius 1 is 1.26 bits per heavy atom. The molecule has 2 aliphatic heterocycles. The summed E-state index contributed by atoms with van der Waals surface area (Å²) in [4.78, 5) is 16.7. The van der Waals surface area contributed by atoms with Gasteiger partial charge in [0.2, 0.25) is 5.91 Å². The number of hydrogen-bond donors (Lipinski definition) is 1. The van der Waals surface area contributed by atoms with Gasteiger partial charge in [-0.15, -0.1) is 0 Å². The lowest BCUT2D eigenvalue weighted by atomic mass is 9.96. The number of aryl methyl sites for hydroxylation is 1. The topological polar surface area (TPSA) is 66.2 Å². The van der Waals surface area contributed by atoms with E-state index in [1.54, 1.807) is 6.26 Å². The molecular weight excluding hydrogens is 296 g/mol. The van der Waals surface area contributed by atoms with Gasteiger partial charge < -0.3 is 19.2 Å². The second-order valence-electron chi connectivity index (χ2n) is 6.49. The van der Waals surface area contributed by atoms with Gasteiger partial charge in [0.05, 0.1) is 19.5 Å². The van der Waals surface area contributed by atoms with Crippen LogP contribution in [0.1, 0.15) is 12.2 Å². The Balaban J connectivity index is 1.49. The van der Waals surface area contributed by atoms with Crippen molar-refractivity contribution in [1.82, 2.24) is 9.80 Å². The van der Waals surface area contributed by atoms with Crippen LogP contribution in [0.5, 0.6) is 0 Å². The lowest BCUT2D eigenvalue weighted by Crippen LogP contribution is -2.41. The molecule has 128 valence electrons. The van der Waals surface area contributed by atoms with Crippen molar-refractivity contribution in [3.05, 3.63) is 24.2 Å². The molecule has 0 saturated carbocycles. The van der Waals surface area contributed by atoms with Gasteiger partial charge >= 0.3 is 0 Å². The third-order valence-corrected chi connectivity index (χ3v) is 4.93.